The second kappa shape index (κ2) is 4.27. The van der Waals surface area contributed by atoms with Crippen LogP contribution >= 0.6 is 0 Å². The summed E-state index contributed by atoms with van der Waals surface area (Å²) in [4.78, 5) is 12.1. The highest BCUT2D eigenvalue weighted by molar-refractivity contribution is 5.79. The van der Waals surface area contributed by atoms with Gasteiger partial charge in [-0.25, -0.2) is 0 Å². The first-order valence-corrected chi connectivity index (χ1v) is 7.02. The molecule has 2 saturated carbocycles. The third-order valence-corrected chi connectivity index (χ3v) is 5.00. The summed E-state index contributed by atoms with van der Waals surface area (Å²) in [5, 5.41) is 3.18. The van der Waals surface area contributed by atoms with Crippen molar-refractivity contribution in [1.82, 2.24) is 5.32 Å². The van der Waals surface area contributed by atoms with Gasteiger partial charge in [0.05, 0.1) is 0 Å². The molecule has 0 aromatic carbocycles. The number of hydrogen-bond acceptors (Lipinski definition) is 2. The molecule has 0 aromatic rings. The maximum atomic E-state index is 12.1. The third kappa shape index (κ3) is 2.49. The van der Waals surface area contributed by atoms with Crippen LogP contribution in [0.4, 0.5) is 0 Å². The number of rotatable bonds is 3. The number of fused-ring (bicyclic) bond motifs is 1. The molecule has 1 N–H and O–H groups in total. The third-order valence-electron chi connectivity index (χ3n) is 5.00. The molecular weight excluding hydrogens is 214 g/mol. The van der Waals surface area contributed by atoms with Gasteiger partial charge < -0.3 is 10.1 Å². The quantitative estimate of drug-likeness (QED) is 0.815. The second-order valence-electron chi connectivity index (χ2n) is 6.57. The lowest BCUT2D eigenvalue weighted by molar-refractivity contribution is -0.126. The molecule has 96 valence electrons. The van der Waals surface area contributed by atoms with Gasteiger partial charge in [0.25, 0.3) is 0 Å². The van der Waals surface area contributed by atoms with Gasteiger partial charge in [-0.2, -0.15) is 0 Å². The Morgan fingerprint density at radius 2 is 1.88 bits per heavy atom. The van der Waals surface area contributed by atoms with Crippen molar-refractivity contribution in [2.45, 2.75) is 39.0 Å². The van der Waals surface area contributed by atoms with Crippen LogP contribution in [0.25, 0.3) is 0 Å². The summed E-state index contributed by atoms with van der Waals surface area (Å²) < 4.78 is 5.38. The van der Waals surface area contributed by atoms with E-state index in [-0.39, 0.29) is 5.41 Å². The second-order valence-corrected chi connectivity index (χ2v) is 6.57. The van der Waals surface area contributed by atoms with Crippen LogP contribution < -0.4 is 5.32 Å². The lowest BCUT2D eigenvalue weighted by Gasteiger charge is -2.34. The van der Waals surface area contributed by atoms with Crippen molar-refractivity contribution >= 4 is 5.91 Å². The lowest BCUT2D eigenvalue weighted by atomic mass is 9.82. The Kier molecular flexibility index (Phi) is 2.89. The summed E-state index contributed by atoms with van der Waals surface area (Å²) in [5.41, 5.74) is 0.259. The van der Waals surface area contributed by atoms with E-state index in [0.29, 0.717) is 11.8 Å². The highest BCUT2D eigenvalue weighted by atomic mass is 16.5. The molecule has 3 rings (SSSR count). The topological polar surface area (TPSA) is 38.3 Å². The Morgan fingerprint density at radius 1 is 1.24 bits per heavy atom. The number of carbonyl (C=O) groups excluding carboxylic acids is 1. The van der Waals surface area contributed by atoms with E-state index in [4.69, 9.17) is 4.74 Å². The molecule has 1 saturated heterocycles. The van der Waals surface area contributed by atoms with Gasteiger partial charge in [-0.15, -0.1) is 0 Å². The van der Waals surface area contributed by atoms with E-state index in [0.717, 1.165) is 57.3 Å². The van der Waals surface area contributed by atoms with Gasteiger partial charge in [-0.3, -0.25) is 4.79 Å². The van der Waals surface area contributed by atoms with Crippen molar-refractivity contribution in [2.24, 2.45) is 23.2 Å². The molecule has 3 nitrogen and oxygen atoms in total. The molecule has 0 bridgehead atoms. The number of ether oxygens (including phenoxy) is 1. The SMILES string of the molecule is CC1(CNC(=O)C2CC3CC3C2)CCOCC1. The average molecular weight is 237 g/mol. The molecule has 17 heavy (non-hydrogen) atoms. The van der Waals surface area contributed by atoms with Crippen LogP contribution in [0, 0.1) is 23.2 Å². The fourth-order valence-corrected chi connectivity index (χ4v) is 3.41. The molecule has 3 aliphatic rings. The van der Waals surface area contributed by atoms with Crippen molar-refractivity contribution in [3.63, 3.8) is 0 Å². The van der Waals surface area contributed by atoms with Gasteiger partial charge in [0, 0.05) is 25.7 Å². The predicted octanol–water partition coefficient (Wildman–Crippen LogP) is 1.97. The van der Waals surface area contributed by atoms with Crippen LogP contribution in [0.2, 0.25) is 0 Å². The van der Waals surface area contributed by atoms with Crippen LogP contribution in [-0.4, -0.2) is 25.7 Å². The summed E-state index contributed by atoms with van der Waals surface area (Å²) in [6.07, 6.45) is 5.83. The Hall–Kier alpha value is -0.570. The zero-order chi connectivity index (χ0) is 11.9. The molecule has 0 aromatic heterocycles. The molecule has 1 heterocycles. The first kappa shape index (κ1) is 11.5. The molecule has 2 atom stereocenters. The number of carbonyl (C=O) groups is 1. The minimum absolute atomic E-state index is 0.259. The molecule has 1 aliphatic heterocycles. The van der Waals surface area contributed by atoms with Crippen LogP contribution in [0.5, 0.6) is 0 Å². The van der Waals surface area contributed by atoms with Gasteiger partial charge >= 0.3 is 0 Å². The van der Waals surface area contributed by atoms with E-state index in [1.165, 1.54) is 6.42 Å². The van der Waals surface area contributed by atoms with Crippen LogP contribution in [0.1, 0.15) is 39.0 Å². The Morgan fingerprint density at radius 3 is 2.53 bits per heavy atom. The summed E-state index contributed by atoms with van der Waals surface area (Å²) in [7, 11) is 0. The van der Waals surface area contributed by atoms with Crippen molar-refractivity contribution in [1.29, 1.82) is 0 Å². The largest absolute Gasteiger partial charge is 0.381 e. The van der Waals surface area contributed by atoms with Crippen molar-refractivity contribution in [2.75, 3.05) is 19.8 Å². The normalized spacial score (nSPS) is 38.5. The van der Waals surface area contributed by atoms with Crippen molar-refractivity contribution in [3.8, 4) is 0 Å². The fraction of sp³-hybridized carbons (Fsp3) is 0.929. The van der Waals surface area contributed by atoms with Gasteiger partial charge in [0.15, 0.2) is 0 Å². The maximum Gasteiger partial charge on any atom is 0.223 e. The molecular formula is C14H23NO2. The van der Waals surface area contributed by atoms with Crippen molar-refractivity contribution < 1.29 is 9.53 Å². The maximum absolute atomic E-state index is 12.1. The zero-order valence-corrected chi connectivity index (χ0v) is 10.7. The molecule has 3 heteroatoms. The average Bonchev–Trinajstić information content (AvgIpc) is 2.94. The van der Waals surface area contributed by atoms with E-state index in [1.807, 2.05) is 0 Å². The number of amides is 1. The van der Waals surface area contributed by atoms with Crippen LogP contribution in [0.15, 0.2) is 0 Å². The minimum Gasteiger partial charge on any atom is -0.381 e. The molecule has 0 radical (unpaired) electrons. The van der Waals surface area contributed by atoms with Crippen LogP contribution in [0.3, 0.4) is 0 Å². The molecule has 0 spiro atoms. The van der Waals surface area contributed by atoms with Gasteiger partial charge in [-0.05, 0) is 49.4 Å². The van der Waals surface area contributed by atoms with E-state index in [9.17, 15) is 4.79 Å². The number of hydrogen-bond donors (Lipinski definition) is 1. The minimum atomic E-state index is 0.259. The molecule has 2 aliphatic carbocycles. The summed E-state index contributed by atoms with van der Waals surface area (Å²) in [5.74, 6) is 2.42. The smallest absolute Gasteiger partial charge is 0.223 e. The molecule has 2 unspecified atom stereocenters. The summed E-state index contributed by atoms with van der Waals surface area (Å²) in [6.45, 7) is 4.79. The molecule has 3 fully saturated rings. The van der Waals surface area contributed by atoms with Gasteiger partial charge in [0.2, 0.25) is 5.91 Å². The summed E-state index contributed by atoms with van der Waals surface area (Å²) in [6, 6.07) is 0. The van der Waals surface area contributed by atoms with Gasteiger partial charge in [0.1, 0.15) is 0 Å². The van der Waals surface area contributed by atoms with E-state index in [1.54, 1.807) is 0 Å². The Balaban J connectivity index is 1.45. The number of nitrogens with one attached hydrogen (secondary N) is 1. The predicted molar refractivity (Wildman–Crippen MR) is 65.5 cm³/mol. The summed E-state index contributed by atoms with van der Waals surface area (Å²) >= 11 is 0. The Labute approximate surface area is 103 Å². The first-order valence-electron chi connectivity index (χ1n) is 7.02. The fourth-order valence-electron chi connectivity index (χ4n) is 3.41. The van der Waals surface area contributed by atoms with Crippen molar-refractivity contribution in [3.05, 3.63) is 0 Å². The van der Waals surface area contributed by atoms with E-state index in [2.05, 4.69) is 12.2 Å². The Bertz CT molecular complexity index is 299. The first-order chi connectivity index (χ1) is 8.16. The monoisotopic (exact) mass is 237 g/mol. The van der Waals surface area contributed by atoms with Gasteiger partial charge in [-0.1, -0.05) is 6.92 Å². The highest BCUT2D eigenvalue weighted by Gasteiger charge is 2.48. The standard InChI is InChI=1S/C14H23NO2/c1-14(2-4-17-5-3-14)9-15-13(16)12-7-10-6-11(10)8-12/h10-12H,2-9H2,1H3,(H,15,16). The highest BCUT2D eigenvalue weighted by Crippen LogP contribution is 2.54. The van der Waals surface area contributed by atoms with E-state index < -0.39 is 0 Å². The lowest BCUT2D eigenvalue weighted by Crippen LogP contribution is -2.41. The zero-order valence-electron chi connectivity index (χ0n) is 10.7. The molecule has 1 amide bonds. The van der Waals surface area contributed by atoms with Crippen LogP contribution in [-0.2, 0) is 9.53 Å². The van der Waals surface area contributed by atoms with E-state index >= 15 is 0 Å².